The molecule has 0 radical (unpaired) electrons. The minimum absolute atomic E-state index is 0.375. The van der Waals surface area contributed by atoms with E-state index in [2.05, 4.69) is 20.9 Å². The van der Waals surface area contributed by atoms with Crippen LogP contribution in [-0.4, -0.2) is 6.08 Å². The molecule has 0 bridgehead atoms. The van der Waals surface area contributed by atoms with E-state index >= 15 is 0 Å². The van der Waals surface area contributed by atoms with Crippen molar-refractivity contribution < 1.29 is 4.79 Å². The molecule has 0 spiro atoms. The second-order valence-corrected chi connectivity index (χ2v) is 4.68. The summed E-state index contributed by atoms with van der Waals surface area (Å²) in [5, 5.41) is 0.649. The van der Waals surface area contributed by atoms with Crippen LogP contribution in [0.5, 0.6) is 0 Å². The molecule has 72 valence electrons. The van der Waals surface area contributed by atoms with E-state index in [-0.39, 0.29) is 5.54 Å². The van der Waals surface area contributed by atoms with Gasteiger partial charge in [0.15, 0.2) is 0 Å². The van der Waals surface area contributed by atoms with Gasteiger partial charge in [0.2, 0.25) is 6.08 Å². The van der Waals surface area contributed by atoms with Crippen molar-refractivity contribution in [2.24, 2.45) is 4.99 Å². The third-order valence-electron chi connectivity index (χ3n) is 2.42. The van der Waals surface area contributed by atoms with Crippen LogP contribution in [0.3, 0.4) is 0 Å². The number of hydrogen-bond acceptors (Lipinski definition) is 2. The highest BCUT2D eigenvalue weighted by atomic mass is 79.9. The van der Waals surface area contributed by atoms with Crippen molar-refractivity contribution >= 4 is 33.6 Å². The monoisotopic (exact) mass is 271 g/mol. The van der Waals surface area contributed by atoms with E-state index in [4.69, 9.17) is 11.6 Å². The van der Waals surface area contributed by atoms with Crippen molar-refractivity contribution in [1.82, 2.24) is 0 Å². The van der Waals surface area contributed by atoms with Gasteiger partial charge in [-0.2, -0.15) is 4.99 Å². The number of nitrogens with zero attached hydrogens (tertiary/aromatic N) is 1. The summed E-state index contributed by atoms with van der Waals surface area (Å²) in [5.41, 5.74) is 0.546. The number of isocyanates is 1. The zero-order chi connectivity index (χ0) is 10.2. The predicted octanol–water partition coefficient (Wildman–Crippen LogP) is 3.43. The summed E-state index contributed by atoms with van der Waals surface area (Å²) in [7, 11) is 0. The first kappa shape index (κ1) is 9.91. The van der Waals surface area contributed by atoms with Crippen LogP contribution < -0.4 is 0 Å². The molecule has 1 fully saturated rings. The zero-order valence-corrected chi connectivity index (χ0v) is 9.60. The van der Waals surface area contributed by atoms with Gasteiger partial charge in [0.25, 0.3) is 0 Å². The summed E-state index contributed by atoms with van der Waals surface area (Å²) in [6.07, 6.45) is 3.37. The molecule has 1 aromatic rings. The first-order valence-electron chi connectivity index (χ1n) is 4.22. The fourth-order valence-corrected chi connectivity index (χ4v) is 2.36. The second-order valence-electron chi connectivity index (χ2n) is 3.36. The Kier molecular flexibility index (Phi) is 2.48. The highest BCUT2D eigenvalue weighted by Crippen LogP contribution is 2.51. The quantitative estimate of drug-likeness (QED) is 0.599. The molecule has 0 heterocycles. The molecule has 14 heavy (non-hydrogen) atoms. The van der Waals surface area contributed by atoms with Crippen molar-refractivity contribution in [1.29, 1.82) is 0 Å². The lowest BCUT2D eigenvalue weighted by Gasteiger charge is -2.10. The van der Waals surface area contributed by atoms with Crippen LogP contribution in [0.25, 0.3) is 0 Å². The average Bonchev–Trinajstić information content (AvgIpc) is 2.86. The fraction of sp³-hybridized carbons (Fsp3) is 0.300. The van der Waals surface area contributed by atoms with E-state index in [9.17, 15) is 4.79 Å². The van der Waals surface area contributed by atoms with E-state index in [1.165, 1.54) is 0 Å². The highest BCUT2D eigenvalue weighted by molar-refractivity contribution is 9.10. The molecule has 2 rings (SSSR count). The summed E-state index contributed by atoms with van der Waals surface area (Å²) in [6.45, 7) is 0. The molecule has 1 aliphatic rings. The van der Waals surface area contributed by atoms with Crippen LogP contribution in [0.2, 0.25) is 5.02 Å². The number of aliphatic imine (C=N–C) groups is 1. The minimum Gasteiger partial charge on any atom is -0.211 e. The van der Waals surface area contributed by atoms with E-state index in [1.54, 1.807) is 6.08 Å². The molecule has 0 aliphatic heterocycles. The van der Waals surface area contributed by atoms with Crippen molar-refractivity contribution in [2.45, 2.75) is 18.4 Å². The highest BCUT2D eigenvalue weighted by Gasteiger charge is 2.46. The van der Waals surface area contributed by atoms with Gasteiger partial charge in [0.05, 0.1) is 5.54 Å². The van der Waals surface area contributed by atoms with Crippen LogP contribution in [0.15, 0.2) is 27.7 Å². The van der Waals surface area contributed by atoms with Crippen molar-refractivity contribution in [3.05, 3.63) is 33.3 Å². The van der Waals surface area contributed by atoms with Gasteiger partial charge in [-0.05, 0) is 30.5 Å². The fourth-order valence-electron chi connectivity index (χ4n) is 1.51. The van der Waals surface area contributed by atoms with Crippen molar-refractivity contribution in [2.75, 3.05) is 0 Å². The van der Waals surface area contributed by atoms with Gasteiger partial charge in [0, 0.05) is 9.50 Å². The Morgan fingerprint density at radius 3 is 2.71 bits per heavy atom. The maximum Gasteiger partial charge on any atom is 0.235 e. The number of halogens is 2. The molecule has 0 aromatic heterocycles. The number of benzene rings is 1. The Labute approximate surface area is 95.1 Å². The molecule has 2 nitrogen and oxygen atoms in total. The van der Waals surface area contributed by atoms with Crippen LogP contribution in [-0.2, 0) is 10.3 Å². The SMILES string of the molecule is O=C=NC1(c2ccc(Br)cc2Cl)CC1. The molecule has 1 saturated carbocycles. The molecule has 0 saturated heterocycles. The standard InChI is InChI=1S/C10H7BrClNO/c11-7-1-2-8(9(12)5-7)10(3-4-10)13-6-14/h1-2,5H,3-4H2. The van der Waals surface area contributed by atoms with Crippen LogP contribution in [0, 0.1) is 0 Å². The third kappa shape index (κ3) is 1.63. The summed E-state index contributed by atoms with van der Waals surface area (Å²) < 4.78 is 0.928. The maximum atomic E-state index is 10.3. The van der Waals surface area contributed by atoms with E-state index in [0.29, 0.717) is 5.02 Å². The smallest absolute Gasteiger partial charge is 0.211 e. The van der Waals surface area contributed by atoms with Crippen LogP contribution in [0.1, 0.15) is 18.4 Å². The van der Waals surface area contributed by atoms with Crippen LogP contribution in [0.4, 0.5) is 0 Å². The van der Waals surface area contributed by atoms with Crippen LogP contribution >= 0.6 is 27.5 Å². The Balaban J connectivity index is 2.47. The number of hydrogen-bond donors (Lipinski definition) is 0. The minimum atomic E-state index is -0.375. The largest absolute Gasteiger partial charge is 0.235 e. The number of rotatable bonds is 2. The Morgan fingerprint density at radius 2 is 2.21 bits per heavy atom. The summed E-state index contributed by atoms with van der Waals surface area (Å²) in [6, 6.07) is 5.62. The number of carbonyl (C=O) groups excluding carboxylic acids is 1. The first-order valence-corrected chi connectivity index (χ1v) is 5.40. The van der Waals surface area contributed by atoms with Gasteiger partial charge in [-0.25, -0.2) is 4.79 Å². The molecule has 0 N–H and O–H groups in total. The molecule has 0 amide bonds. The topological polar surface area (TPSA) is 29.4 Å². The molecular formula is C10H7BrClNO. The lowest BCUT2D eigenvalue weighted by molar-refractivity contribution is 0.556. The maximum absolute atomic E-state index is 10.3. The molecule has 1 aliphatic carbocycles. The van der Waals surface area contributed by atoms with E-state index < -0.39 is 0 Å². The normalized spacial score (nSPS) is 17.3. The predicted molar refractivity (Wildman–Crippen MR) is 58.2 cm³/mol. The van der Waals surface area contributed by atoms with E-state index in [1.807, 2.05) is 18.2 Å². The van der Waals surface area contributed by atoms with Gasteiger partial charge in [0.1, 0.15) is 0 Å². The molecule has 1 aromatic carbocycles. The van der Waals surface area contributed by atoms with E-state index in [0.717, 1.165) is 22.9 Å². The summed E-state index contributed by atoms with van der Waals surface area (Å²) in [5.74, 6) is 0. The van der Waals surface area contributed by atoms with Gasteiger partial charge in [-0.3, -0.25) is 0 Å². The lowest BCUT2D eigenvalue weighted by Crippen LogP contribution is -2.02. The van der Waals surface area contributed by atoms with Gasteiger partial charge < -0.3 is 0 Å². The molecule has 4 heteroatoms. The zero-order valence-electron chi connectivity index (χ0n) is 7.26. The van der Waals surface area contributed by atoms with Gasteiger partial charge in [-0.1, -0.05) is 33.6 Å². The molecular weight excluding hydrogens is 265 g/mol. The Morgan fingerprint density at radius 1 is 1.50 bits per heavy atom. The Hall–Kier alpha value is -0.630. The third-order valence-corrected chi connectivity index (χ3v) is 3.22. The summed E-state index contributed by atoms with van der Waals surface area (Å²) >= 11 is 9.40. The average molecular weight is 273 g/mol. The Bertz CT molecular complexity index is 422. The second kappa shape index (κ2) is 3.50. The van der Waals surface area contributed by atoms with Crippen molar-refractivity contribution in [3.63, 3.8) is 0 Å². The lowest BCUT2D eigenvalue weighted by atomic mass is 10.1. The molecule has 0 unspecified atom stereocenters. The molecule has 0 atom stereocenters. The van der Waals surface area contributed by atoms with Crippen molar-refractivity contribution in [3.8, 4) is 0 Å². The summed E-state index contributed by atoms with van der Waals surface area (Å²) in [4.78, 5) is 14.1. The van der Waals surface area contributed by atoms with Gasteiger partial charge >= 0.3 is 0 Å². The van der Waals surface area contributed by atoms with Gasteiger partial charge in [-0.15, -0.1) is 0 Å². The first-order chi connectivity index (χ1) is 6.68.